The van der Waals surface area contributed by atoms with Crippen molar-refractivity contribution in [3.05, 3.63) is 82.9 Å². The van der Waals surface area contributed by atoms with Crippen molar-refractivity contribution in [2.24, 2.45) is 0 Å². The molecule has 1 heterocycles. The summed E-state index contributed by atoms with van der Waals surface area (Å²) >= 11 is 6.13. The van der Waals surface area contributed by atoms with Crippen LogP contribution in [0, 0.1) is 12.7 Å². The van der Waals surface area contributed by atoms with Crippen LogP contribution < -0.4 is 4.72 Å². The molecule has 0 atom stereocenters. The molecule has 7 heteroatoms. The Hall–Kier alpha value is -2.28. The van der Waals surface area contributed by atoms with Gasteiger partial charge in [0.05, 0.1) is 9.92 Å². The SMILES string of the molecule is Cc1cccc(S(=O)(=O)NCc2cc(-c3ccncc3Cl)ccc2F)c1. The zero-order chi connectivity index (χ0) is 18.7. The van der Waals surface area contributed by atoms with Gasteiger partial charge in [0.2, 0.25) is 10.0 Å². The Morgan fingerprint density at radius 2 is 1.96 bits per heavy atom. The second-order valence-corrected chi connectivity index (χ2v) is 7.98. The van der Waals surface area contributed by atoms with Crippen LogP contribution in [0.4, 0.5) is 4.39 Å². The minimum atomic E-state index is -3.74. The van der Waals surface area contributed by atoms with Crippen molar-refractivity contribution < 1.29 is 12.8 Å². The Morgan fingerprint density at radius 1 is 1.15 bits per heavy atom. The van der Waals surface area contributed by atoms with Gasteiger partial charge in [-0.1, -0.05) is 29.8 Å². The maximum Gasteiger partial charge on any atom is 0.240 e. The van der Waals surface area contributed by atoms with E-state index in [-0.39, 0.29) is 17.0 Å². The number of aryl methyl sites for hydroxylation is 1. The summed E-state index contributed by atoms with van der Waals surface area (Å²) in [6.07, 6.45) is 3.09. The zero-order valence-corrected chi connectivity index (χ0v) is 15.5. The number of sulfonamides is 1. The molecule has 0 amide bonds. The number of hydrogen-bond acceptors (Lipinski definition) is 3. The van der Waals surface area contributed by atoms with E-state index in [0.29, 0.717) is 16.1 Å². The van der Waals surface area contributed by atoms with E-state index in [1.807, 2.05) is 0 Å². The molecule has 3 aromatic rings. The summed E-state index contributed by atoms with van der Waals surface area (Å²) in [5.41, 5.74) is 2.44. The first-order valence-electron chi connectivity index (χ1n) is 7.81. The van der Waals surface area contributed by atoms with Crippen molar-refractivity contribution in [2.75, 3.05) is 0 Å². The number of nitrogens with zero attached hydrogens (tertiary/aromatic N) is 1. The summed E-state index contributed by atoms with van der Waals surface area (Å²) in [4.78, 5) is 4.07. The Kier molecular flexibility index (Phi) is 5.36. The minimum absolute atomic E-state index is 0.145. The quantitative estimate of drug-likeness (QED) is 0.705. The molecule has 1 aromatic heterocycles. The van der Waals surface area contributed by atoms with E-state index in [1.54, 1.807) is 49.5 Å². The zero-order valence-electron chi connectivity index (χ0n) is 13.9. The first kappa shape index (κ1) is 18.5. The highest BCUT2D eigenvalue weighted by Gasteiger charge is 2.15. The molecule has 0 saturated carbocycles. The van der Waals surface area contributed by atoms with Gasteiger partial charge in [0, 0.05) is 30.1 Å². The molecule has 26 heavy (non-hydrogen) atoms. The highest BCUT2D eigenvalue weighted by Crippen LogP contribution is 2.28. The lowest BCUT2D eigenvalue weighted by atomic mass is 10.0. The first-order chi connectivity index (χ1) is 12.4. The second-order valence-electron chi connectivity index (χ2n) is 5.80. The van der Waals surface area contributed by atoms with Gasteiger partial charge in [-0.15, -0.1) is 0 Å². The van der Waals surface area contributed by atoms with Gasteiger partial charge in [-0.05, 0) is 48.4 Å². The standard InChI is InChI=1S/C19H16ClFN2O2S/c1-13-3-2-4-16(9-13)26(24,25)23-11-15-10-14(5-6-19(15)21)17-7-8-22-12-18(17)20/h2-10,12,23H,11H2,1H3. The number of rotatable bonds is 5. The van der Waals surface area contributed by atoms with Gasteiger partial charge in [0.1, 0.15) is 5.82 Å². The van der Waals surface area contributed by atoms with Crippen LogP contribution in [0.5, 0.6) is 0 Å². The predicted molar refractivity (Wildman–Crippen MR) is 99.8 cm³/mol. The van der Waals surface area contributed by atoms with Crippen LogP contribution in [0.15, 0.2) is 65.8 Å². The van der Waals surface area contributed by atoms with Gasteiger partial charge in [0.25, 0.3) is 0 Å². The van der Waals surface area contributed by atoms with Crippen LogP contribution in [0.3, 0.4) is 0 Å². The summed E-state index contributed by atoms with van der Waals surface area (Å²) < 4.78 is 41.4. The summed E-state index contributed by atoms with van der Waals surface area (Å²) in [5.74, 6) is -0.495. The summed E-state index contributed by atoms with van der Waals surface area (Å²) in [6, 6.07) is 12.7. The van der Waals surface area contributed by atoms with Crippen LogP contribution in [-0.4, -0.2) is 13.4 Å². The normalized spacial score (nSPS) is 11.5. The van der Waals surface area contributed by atoms with Crippen LogP contribution in [0.1, 0.15) is 11.1 Å². The number of pyridine rings is 1. The van der Waals surface area contributed by atoms with Crippen molar-refractivity contribution in [3.63, 3.8) is 0 Å². The van der Waals surface area contributed by atoms with Crippen molar-refractivity contribution in [3.8, 4) is 11.1 Å². The lowest BCUT2D eigenvalue weighted by molar-refractivity contribution is 0.574. The van der Waals surface area contributed by atoms with E-state index in [1.165, 1.54) is 18.3 Å². The minimum Gasteiger partial charge on any atom is -0.263 e. The van der Waals surface area contributed by atoms with E-state index in [0.717, 1.165) is 5.56 Å². The van der Waals surface area contributed by atoms with Crippen LogP contribution in [0.2, 0.25) is 5.02 Å². The van der Waals surface area contributed by atoms with Gasteiger partial charge in [0.15, 0.2) is 0 Å². The summed E-state index contributed by atoms with van der Waals surface area (Å²) in [5, 5.41) is 0.436. The maximum atomic E-state index is 14.1. The lowest BCUT2D eigenvalue weighted by Crippen LogP contribution is -2.23. The van der Waals surface area contributed by atoms with Gasteiger partial charge >= 0.3 is 0 Å². The molecule has 0 saturated heterocycles. The van der Waals surface area contributed by atoms with Gasteiger partial charge in [-0.3, -0.25) is 4.98 Å². The lowest BCUT2D eigenvalue weighted by Gasteiger charge is -2.10. The maximum absolute atomic E-state index is 14.1. The van der Waals surface area contributed by atoms with Crippen LogP contribution in [0.25, 0.3) is 11.1 Å². The van der Waals surface area contributed by atoms with Crippen LogP contribution in [-0.2, 0) is 16.6 Å². The summed E-state index contributed by atoms with van der Waals surface area (Å²) in [7, 11) is -3.74. The Bertz CT molecular complexity index is 1050. The Morgan fingerprint density at radius 3 is 2.69 bits per heavy atom. The molecule has 0 aliphatic carbocycles. The van der Waals surface area contributed by atoms with Gasteiger partial charge in [-0.2, -0.15) is 0 Å². The molecule has 4 nitrogen and oxygen atoms in total. The molecule has 3 rings (SSSR count). The third kappa shape index (κ3) is 4.09. The van der Waals surface area contributed by atoms with E-state index in [9.17, 15) is 12.8 Å². The molecular weight excluding hydrogens is 375 g/mol. The van der Waals surface area contributed by atoms with Crippen molar-refractivity contribution in [2.45, 2.75) is 18.4 Å². The largest absolute Gasteiger partial charge is 0.263 e. The molecule has 0 radical (unpaired) electrons. The van der Waals surface area contributed by atoms with E-state index in [2.05, 4.69) is 9.71 Å². The Labute approximate surface area is 156 Å². The van der Waals surface area contributed by atoms with Crippen molar-refractivity contribution in [1.82, 2.24) is 9.71 Å². The number of halogens is 2. The number of benzene rings is 2. The third-order valence-corrected chi connectivity index (χ3v) is 5.58. The van der Waals surface area contributed by atoms with E-state index < -0.39 is 15.8 Å². The topological polar surface area (TPSA) is 59.1 Å². The number of aromatic nitrogens is 1. The molecule has 0 bridgehead atoms. The fraction of sp³-hybridized carbons (Fsp3) is 0.105. The third-order valence-electron chi connectivity index (χ3n) is 3.88. The smallest absolute Gasteiger partial charge is 0.240 e. The number of nitrogens with one attached hydrogen (secondary N) is 1. The van der Waals surface area contributed by atoms with E-state index >= 15 is 0 Å². The van der Waals surface area contributed by atoms with E-state index in [4.69, 9.17) is 11.6 Å². The van der Waals surface area contributed by atoms with Gasteiger partial charge in [-0.25, -0.2) is 17.5 Å². The monoisotopic (exact) mass is 390 g/mol. The fourth-order valence-corrected chi connectivity index (χ4v) is 3.87. The predicted octanol–water partition coefficient (Wildman–Crippen LogP) is 4.33. The van der Waals surface area contributed by atoms with Crippen LogP contribution >= 0.6 is 11.6 Å². The molecule has 0 unspecified atom stereocenters. The second kappa shape index (κ2) is 7.53. The highest BCUT2D eigenvalue weighted by molar-refractivity contribution is 7.89. The fourth-order valence-electron chi connectivity index (χ4n) is 2.53. The average molecular weight is 391 g/mol. The van der Waals surface area contributed by atoms with Gasteiger partial charge < -0.3 is 0 Å². The summed E-state index contributed by atoms with van der Waals surface area (Å²) in [6.45, 7) is 1.64. The molecule has 0 fully saturated rings. The van der Waals surface area contributed by atoms with Crippen molar-refractivity contribution in [1.29, 1.82) is 0 Å². The first-order valence-corrected chi connectivity index (χ1v) is 9.67. The molecule has 1 N–H and O–H groups in total. The number of hydrogen-bond donors (Lipinski definition) is 1. The van der Waals surface area contributed by atoms with Crippen molar-refractivity contribution >= 4 is 21.6 Å². The molecule has 0 aliphatic rings. The molecule has 2 aromatic carbocycles. The Balaban J connectivity index is 1.86. The molecule has 0 spiro atoms. The highest BCUT2D eigenvalue weighted by atomic mass is 35.5. The molecule has 134 valence electrons. The molecule has 0 aliphatic heterocycles. The average Bonchev–Trinajstić information content (AvgIpc) is 2.62. The molecular formula is C19H16ClFN2O2S.